The van der Waals surface area contributed by atoms with Crippen molar-refractivity contribution in [3.05, 3.63) is 65.0 Å². The largest absolute Gasteiger partial charge is 0.482 e. The molecule has 0 aromatic heterocycles. The van der Waals surface area contributed by atoms with Crippen molar-refractivity contribution in [1.82, 2.24) is 5.32 Å². The molecule has 3 rings (SSSR count). The third-order valence-electron chi connectivity index (χ3n) is 5.49. The van der Waals surface area contributed by atoms with E-state index < -0.39 is 30.3 Å². The van der Waals surface area contributed by atoms with Gasteiger partial charge in [-0.1, -0.05) is 24.3 Å². The molecule has 1 heterocycles. The number of carboxylic acid groups (broad SMARTS) is 1. The van der Waals surface area contributed by atoms with Crippen molar-refractivity contribution >= 4 is 11.9 Å². The summed E-state index contributed by atoms with van der Waals surface area (Å²) < 4.78 is 25.4. The van der Waals surface area contributed by atoms with Gasteiger partial charge in [0.05, 0.1) is 18.8 Å². The fourth-order valence-corrected chi connectivity index (χ4v) is 4.03. The van der Waals surface area contributed by atoms with Crippen molar-refractivity contribution in [2.24, 2.45) is 0 Å². The molecule has 0 radical (unpaired) electrons. The van der Waals surface area contributed by atoms with E-state index in [1.54, 1.807) is 18.2 Å². The molecule has 3 atom stereocenters. The lowest BCUT2D eigenvalue weighted by Crippen LogP contribution is -2.51. The van der Waals surface area contributed by atoms with E-state index in [-0.39, 0.29) is 24.8 Å². The van der Waals surface area contributed by atoms with Gasteiger partial charge in [0.25, 0.3) is 0 Å². The molecular formula is C24H28FNO6. The van der Waals surface area contributed by atoms with E-state index in [0.29, 0.717) is 24.2 Å². The minimum absolute atomic E-state index is 0.0141. The zero-order valence-electron chi connectivity index (χ0n) is 18.1. The van der Waals surface area contributed by atoms with Crippen molar-refractivity contribution in [1.29, 1.82) is 0 Å². The predicted octanol–water partition coefficient (Wildman–Crippen LogP) is 3.45. The third-order valence-corrected chi connectivity index (χ3v) is 5.49. The Bertz CT molecular complexity index is 963. The SMILES string of the molecule is Cc1ccc([C@H]2C[C@](C)(NC(=O)CCO)C[C@@H](c3ccc(F)cc3)O2)c(OCC(=O)O)c1. The fraction of sp³-hybridized carbons (Fsp3) is 0.417. The van der Waals surface area contributed by atoms with Gasteiger partial charge in [-0.25, -0.2) is 9.18 Å². The van der Waals surface area contributed by atoms with Gasteiger partial charge in [0.15, 0.2) is 6.61 Å². The highest BCUT2D eigenvalue weighted by atomic mass is 19.1. The second kappa shape index (κ2) is 10.1. The van der Waals surface area contributed by atoms with Gasteiger partial charge in [-0.3, -0.25) is 4.79 Å². The Balaban J connectivity index is 1.96. The molecule has 2 aromatic rings. The molecule has 1 saturated heterocycles. The number of hydrogen-bond acceptors (Lipinski definition) is 5. The van der Waals surface area contributed by atoms with Gasteiger partial charge in [0.1, 0.15) is 11.6 Å². The van der Waals surface area contributed by atoms with Crippen LogP contribution in [0.1, 0.15) is 55.1 Å². The fourth-order valence-electron chi connectivity index (χ4n) is 4.03. The normalized spacial score (nSPS) is 22.9. The number of rotatable bonds is 8. The standard InChI is InChI=1S/C24H28FNO6/c1-15-3-8-18(19(11-15)31-14-23(29)30)21-13-24(2,26-22(28)9-10-27)12-20(32-21)16-4-6-17(25)7-5-16/h3-8,11,20-21,27H,9-10,12-14H2,1-2H3,(H,26,28)(H,29,30)/t20-,21+,24+/m0/s1. The van der Waals surface area contributed by atoms with Crippen LogP contribution in [0.2, 0.25) is 0 Å². The molecule has 1 aliphatic heterocycles. The Labute approximate surface area is 186 Å². The third kappa shape index (κ3) is 6.05. The molecule has 1 aliphatic rings. The van der Waals surface area contributed by atoms with Crippen LogP contribution in [-0.2, 0) is 14.3 Å². The number of halogens is 1. The zero-order valence-corrected chi connectivity index (χ0v) is 18.1. The van der Waals surface area contributed by atoms with Crippen LogP contribution in [0.3, 0.4) is 0 Å². The minimum Gasteiger partial charge on any atom is -0.482 e. The highest BCUT2D eigenvalue weighted by molar-refractivity contribution is 5.76. The Morgan fingerprint density at radius 3 is 2.53 bits per heavy atom. The van der Waals surface area contributed by atoms with Crippen molar-refractivity contribution in [2.45, 2.75) is 50.9 Å². The molecule has 32 heavy (non-hydrogen) atoms. The molecule has 172 valence electrons. The highest BCUT2D eigenvalue weighted by Gasteiger charge is 2.41. The smallest absolute Gasteiger partial charge is 0.341 e. The maximum Gasteiger partial charge on any atom is 0.341 e. The summed E-state index contributed by atoms with van der Waals surface area (Å²) in [6, 6.07) is 11.5. The van der Waals surface area contributed by atoms with Gasteiger partial charge in [0.2, 0.25) is 5.91 Å². The summed E-state index contributed by atoms with van der Waals surface area (Å²) in [5.74, 6) is -1.32. The number of aliphatic hydroxyl groups excluding tert-OH is 1. The van der Waals surface area contributed by atoms with E-state index in [1.165, 1.54) is 12.1 Å². The summed E-state index contributed by atoms with van der Waals surface area (Å²) in [5.41, 5.74) is 1.66. The summed E-state index contributed by atoms with van der Waals surface area (Å²) in [6.07, 6.45) is -0.109. The van der Waals surface area contributed by atoms with E-state index in [9.17, 15) is 14.0 Å². The monoisotopic (exact) mass is 445 g/mol. The van der Waals surface area contributed by atoms with Crippen LogP contribution in [0.5, 0.6) is 5.75 Å². The number of aryl methyl sites for hydroxylation is 1. The summed E-state index contributed by atoms with van der Waals surface area (Å²) in [6.45, 7) is 3.03. The Morgan fingerprint density at radius 1 is 1.19 bits per heavy atom. The lowest BCUT2D eigenvalue weighted by atomic mass is 9.81. The quantitative estimate of drug-likeness (QED) is 0.575. The first-order valence-corrected chi connectivity index (χ1v) is 10.5. The number of aliphatic hydroxyl groups is 1. The zero-order chi connectivity index (χ0) is 23.3. The van der Waals surface area contributed by atoms with Gasteiger partial charge in [-0.2, -0.15) is 0 Å². The molecule has 0 bridgehead atoms. The molecular weight excluding hydrogens is 417 g/mol. The maximum absolute atomic E-state index is 13.5. The van der Waals surface area contributed by atoms with E-state index in [4.69, 9.17) is 19.7 Å². The van der Waals surface area contributed by atoms with E-state index >= 15 is 0 Å². The molecule has 1 amide bonds. The Morgan fingerprint density at radius 2 is 1.88 bits per heavy atom. The molecule has 7 nitrogen and oxygen atoms in total. The van der Waals surface area contributed by atoms with Crippen LogP contribution in [0.15, 0.2) is 42.5 Å². The number of aliphatic carboxylic acids is 1. The lowest BCUT2D eigenvalue weighted by molar-refractivity contribution is -0.139. The highest BCUT2D eigenvalue weighted by Crippen LogP contribution is 2.46. The first kappa shape index (κ1) is 23.7. The predicted molar refractivity (Wildman–Crippen MR) is 115 cm³/mol. The maximum atomic E-state index is 13.5. The van der Waals surface area contributed by atoms with E-state index in [2.05, 4.69) is 5.32 Å². The second-order valence-corrected chi connectivity index (χ2v) is 8.38. The van der Waals surface area contributed by atoms with Crippen LogP contribution in [-0.4, -0.2) is 40.8 Å². The lowest BCUT2D eigenvalue weighted by Gasteiger charge is -2.43. The topological polar surface area (TPSA) is 105 Å². The van der Waals surface area contributed by atoms with Crippen LogP contribution < -0.4 is 10.1 Å². The Hall–Kier alpha value is -2.97. The number of ether oxygens (including phenoxy) is 2. The first-order valence-electron chi connectivity index (χ1n) is 10.5. The molecule has 3 N–H and O–H groups in total. The number of carboxylic acids is 1. The van der Waals surface area contributed by atoms with Crippen molar-refractivity contribution < 1.29 is 33.7 Å². The molecule has 2 aromatic carbocycles. The van der Waals surface area contributed by atoms with Gasteiger partial charge >= 0.3 is 5.97 Å². The molecule has 0 aliphatic carbocycles. The molecule has 1 fully saturated rings. The molecule has 0 unspecified atom stereocenters. The van der Waals surface area contributed by atoms with Crippen molar-refractivity contribution in [2.75, 3.05) is 13.2 Å². The van der Waals surface area contributed by atoms with Gasteiger partial charge in [-0.05, 0) is 43.2 Å². The molecule has 8 heteroatoms. The Kier molecular flexibility index (Phi) is 7.48. The second-order valence-electron chi connectivity index (χ2n) is 8.38. The summed E-state index contributed by atoms with van der Waals surface area (Å²) >= 11 is 0. The van der Waals surface area contributed by atoms with E-state index in [1.807, 2.05) is 26.0 Å². The molecule has 0 spiro atoms. The summed E-state index contributed by atoms with van der Waals surface area (Å²) in [5, 5.41) is 21.2. The average molecular weight is 445 g/mol. The summed E-state index contributed by atoms with van der Waals surface area (Å²) in [4.78, 5) is 23.3. The number of hydrogen-bond donors (Lipinski definition) is 3. The number of carbonyl (C=O) groups is 2. The van der Waals surface area contributed by atoms with Gasteiger partial charge in [0, 0.05) is 30.4 Å². The van der Waals surface area contributed by atoms with Crippen LogP contribution in [0.4, 0.5) is 4.39 Å². The van der Waals surface area contributed by atoms with Crippen molar-refractivity contribution in [3.8, 4) is 5.75 Å². The van der Waals surface area contributed by atoms with Crippen LogP contribution >= 0.6 is 0 Å². The first-order chi connectivity index (χ1) is 15.2. The number of amides is 1. The summed E-state index contributed by atoms with van der Waals surface area (Å²) in [7, 11) is 0. The van der Waals surface area contributed by atoms with Crippen LogP contribution in [0, 0.1) is 12.7 Å². The molecule has 0 saturated carbocycles. The van der Waals surface area contributed by atoms with Crippen molar-refractivity contribution in [3.63, 3.8) is 0 Å². The van der Waals surface area contributed by atoms with Crippen LogP contribution in [0.25, 0.3) is 0 Å². The number of benzene rings is 2. The number of carbonyl (C=O) groups excluding carboxylic acids is 1. The van der Waals surface area contributed by atoms with E-state index in [0.717, 1.165) is 11.1 Å². The average Bonchev–Trinajstić information content (AvgIpc) is 2.72. The van der Waals surface area contributed by atoms with Gasteiger partial charge < -0.3 is 25.0 Å². The number of nitrogens with one attached hydrogen (secondary N) is 1. The van der Waals surface area contributed by atoms with Gasteiger partial charge in [-0.15, -0.1) is 0 Å². The minimum atomic E-state index is -1.09.